The Labute approximate surface area is 276 Å². The van der Waals surface area contributed by atoms with Gasteiger partial charge in [0.2, 0.25) is 0 Å². The summed E-state index contributed by atoms with van der Waals surface area (Å²) in [6.45, 7) is 0. The van der Waals surface area contributed by atoms with E-state index in [0.717, 1.165) is 82.9 Å². The first-order valence-electron chi connectivity index (χ1n) is 16.3. The lowest BCUT2D eigenvalue weighted by Crippen LogP contribution is -2.45. The van der Waals surface area contributed by atoms with Gasteiger partial charge in [0.15, 0.2) is 0 Å². The Morgan fingerprint density at radius 2 is 1.21 bits per heavy atom. The van der Waals surface area contributed by atoms with Gasteiger partial charge in [-0.15, -0.1) is 0 Å². The molecule has 0 saturated heterocycles. The molecule has 0 radical (unpaired) electrons. The Morgan fingerprint density at radius 3 is 2.04 bits per heavy atom. The summed E-state index contributed by atoms with van der Waals surface area (Å²) >= 11 is 0. The maximum atomic E-state index is 6.96. The van der Waals surface area contributed by atoms with Gasteiger partial charge in [0.1, 0.15) is 40.5 Å². The molecule has 7 aromatic carbocycles. The van der Waals surface area contributed by atoms with E-state index in [9.17, 15) is 0 Å². The SMILES string of the molecule is c1ccc(C2=NC(c3ccccc3)NC(c3cccc4c3oc3c(-c5cccc6oc7cc8ccccc8cc7c56)cccc34)N2)cc1. The van der Waals surface area contributed by atoms with E-state index < -0.39 is 0 Å². The molecule has 0 amide bonds. The number of nitrogens with zero attached hydrogens (tertiary/aromatic N) is 1. The summed E-state index contributed by atoms with van der Waals surface area (Å²) in [4.78, 5) is 5.10. The normalized spacial score (nSPS) is 16.5. The first-order chi connectivity index (χ1) is 23.8. The van der Waals surface area contributed by atoms with E-state index >= 15 is 0 Å². The highest BCUT2D eigenvalue weighted by Crippen LogP contribution is 2.43. The number of rotatable bonds is 4. The zero-order chi connectivity index (χ0) is 31.6. The van der Waals surface area contributed by atoms with Gasteiger partial charge in [-0.25, -0.2) is 4.99 Å². The highest BCUT2D eigenvalue weighted by atomic mass is 16.3. The third kappa shape index (κ3) is 4.25. The van der Waals surface area contributed by atoms with Gasteiger partial charge in [-0.2, -0.15) is 0 Å². The fourth-order valence-electron chi connectivity index (χ4n) is 7.28. The van der Waals surface area contributed by atoms with Crippen molar-refractivity contribution in [1.29, 1.82) is 0 Å². The second-order valence-electron chi connectivity index (χ2n) is 12.4. The van der Waals surface area contributed by atoms with Crippen molar-refractivity contribution in [3.63, 3.8) is 0 Å². The molecule has 0 bridgehead atoms. The Morgan fingerprint density at radius 1 is 0.521 bits per heavy atom. The Balaban J connectivity index is 1.15. The van der Waals surface area contributed by atoms with Crippen LogP contribution in [0, 0.1) is 0 Å². The van der Waals surface area contributed by atoms with E-state index in [1.165, 1.54) is 5.39 Å². The molecule has 5 heteroatoms. The summed E-state index contributed by atoms with van der Waals surface area (Å²) in [5.41, 5.74) is 8.74. The molecule has 228 valence electrons. The molecule has 3 heterocycles. The van der Waals surface area contributed by atoms with Crippen LogP contribution < -0.4 is 10.6 Å². The fourth-order valence-corrected chi connectivity index (χ4v) is 7.28. The first-order valence-corrected chi connectivity index (χ1v) is 16.3. The number of benzene rings is 7. The molecular formula is C43H29N3O2. The Hall–Kier alpha value is -6.17. The topological polar surface area (TPSA) is 62.7 Å². The molecule has 0 aliphatic carbocycles. The van der Waals surface area contributed by atoms with Crippen molar-refractivity contribution < 1.29 is 8.83 Å². The first kappa shape index (κ1) is 27.0. The van der Waals surface area contributed by atoms with E-state index in [2.05, 4.69) is 138 Å². The molecule has 2 N–H and O–H groups in total. The molecule has 0 saturated carbocycles. The second kappa shape index (κ2) is 10.7. The maximum absolute atomic E-state index is 6.96. The standard InChI is InChI=1S/C43H29N3O2/c1-3-12-26(13-4-1)41-44-42(27-14-5-2-6-15-27)46-43(45-41)34-22-10-21-33-32-20-9-19-31(39(32)48-40(33)34)30-18-11-23-36-38(30)35-24-28-16-7-8-17-29(28)25-37(35)47-36/h1-25,41,43,45H,(H,44,46). The molecular weight excluding hydrogens is 590 g/mol. The van der Waals surface area contributed by atoms with Gasteiger partial charge in [0.05, 0.1) is 0 Å². The molecule has 10 rings (SSSR count). The quantitative estimate of drug-likeness (QED) is 0.206. The van der Waals surface area contributed by atoms with Crippen molar-refractivity contribution in [3.8, 4) is 11.1 Å². The van der Waals surface area contributed by atoms with Crippen molar-refractivity contribution >= 4 is 60.5 Å². The highest BCUT2D eigenvalue weighted by molar-refractivity contribution is 6.19. The van der Waals surface area contributed by atoms with Crippen molar-refractivity contribution in [2.75, 3.05) is 0 Å². The Kier molecular flexibility index (Phi) is 6.01. The molecule has 2 atom stereocenters. The molecule has 0 fully saturated rings. The summed E-state index contributed by atoms with van der Waals surface area (Å²) in [6.07, 6.45) is -0.476. The largest absolute Gasteiger partial charge is 0.456 e. The van der Waals surface area contributed by atoms with E-state index in [1.807, 2.05) is 24.3 Å². The number of hydrogen-bond donors (Lipinski definition) is 2. The lowest BCUT2D eigenvalue weighted by atomic mass is 9.96. The number of para-hydroxylation sites is 2. The van der Waals surface area contributed by atoms with Gasteiger partial charge < -0.3 is 14.2 Å². The van der Waals surface area contributed by atoms with Crippen LogP contribution in [-0.2, 0) is 0 Å². The molecule has 48 heavy (non-hydrogen) atoms. The van der Waals surface area contributed by atoms with Crippen LogP contribution in [-0.4, -0.2) is 5.84 Å². The van der Waals surface area contributed by atoms with Crippen LogP contribution in [0.4, 0.5) is 0 Å². The number of nitrogens with one attached hydrogen (secondary N) is 2. The van der Waals surface area contributed by atoms with Crippen LogP contribution in [0.5, 0.6) is 0 Å². The van der Waals surface area contributed by atoms with Crippen LogP contribution in [0.25, 0.3) is 65.8 Å². The fraction of sp³-hybridized carbons (Fsp3) is 0.0465. The third-order valence-electron chi connectivity index (χ3n) is 9.55. The number of fused-ring (bicyclic) bond motifs is 7. The van der Waals surface area contributed by atoms with E-state index in [4.69, 9.17) is 13.8 Å². The van der Waals surface area contributed by atoms with Crippen molar-refractivity contribution in [3.05, 3.63) is 168 Å². The number of furan rings is 2. The monoisotopic (exact) mass is 619 g/mol. The molecule has 2 aromatic heterocycles. The molecule has 1 aliphatic heterocycles. The van der Waals surface area contributed by atoms with E-state index in [1.54, 1.807) is 0 Å². The number of aliphatic imine (C=N–C) groups is 1. The summed E-state index contributed by atoms with van der Waals surface area (Å²) < 4.78 is 13.4. The zero-order valence-electron chi connectivity index (χ0n) is 25.9. The Bertz CT molecular complexity index is 2690. The predicted octanol–water partition coefficient (Wildman–Crippen LogP) is 10.6. The summed E-state index contributed by atoms with van der Waals surface area (Å²) in [6, 6.07) is 52.6. The van der Waals surface area contributed by atoms with Crippen LogP contribution in [0.15, 0.2) is 165 Å². The average Bonchev–Trinajstić information content (AvgIpc) is 3.72. The zero-order valence-corrected chi connectivity index (χ0v) is 25.9. The minimum Gasteiger partial charge on any atom is -0.456 e. The van der Waals surface area contributed by atoms with Gasteiger partial charge in [-0.1, -0.05) is 133 Å². The molecule has 2 unspecified atom stereocenters. The lowest BCUT2D eigenvalue weighted by Gasteiger charge is -2.32. The average molecular weight is 620 g/mol. The van der Waals surface area contributed by atoms with Gasteiger partial charge in [-0.3, -0.25) is 5.32 Å². The van der Waals surface area contributed by atoms with Gasteiger partial charge in [0, 0.05) is 38.2 Å². The van der Waals surface area contributed by atoms with Crippen molar-refractivity contribution in [2.24, 2.45) is 4.99 Å². The molecule has 1 aliphatic rings. The van der Waals surface area contributed by atoms with Gasteiger partial charge in [0.25, 0.3) is 0 Å². The second-order valence-corrected chi connectivity index (χ2v) is 12.4. The summed E-state index contributed by atoms with van der Waals surface area (Å²) in [7, 11) is 0. The molecule has 5 nitrogen and oxygen atoms in total. The van der Waals surface area contributed by atoms with E-state index in [0.29, 0.717) is 0 Å². The van der Waals surface area contributed by atoms with Crippen molar-refractivity contribution in [1.82, 2.24) is 10.6 Å². The van der Waals surface area contributed by atoms with Crippen LogP contribution in [0.1, 0.15) is 29.0 Å². The third-order valence-corrected chi connectivity index (χ3v) is 9.55. The van der Waals surface area contributed by atoms with E-state index in [-0.39, 0.29) is 12.3 Å². The highest BCUT2D eigenvalue weighted by Gasteiger charge is 2.28. The minimum absolute atomic E-state index is 0.231. The van der Waals surface area contributed by atoms with Gasteiger partial charge in [-0.05, 0) is 40.1 Å². The minimum atomic E-state index is -0.245. The van der Waals surface area contributed by atoms with Crippen LogP contribution >= 0.6 is 0 Å². The van der Waals surface area contributed by atoms with Crippen LogP contribution in [0.3, 0.4) is 0 Å². The van der Waals surface area contributed by atoms with Crippen LogP contribution in [0.2, 0.25) is 0 Å². The number of amidine groups is 1. The summed E-state index contributed by atoms with van der Waals surface area (Å²) in [5.74, 6) is 0.841. The summed E-state index contributed by atoms with van der Waals surface area (Å²) in [5, 5.41) is 14.1. The molecule has 9 aromatic rings. The predicted molar refractivity (Wildman–Crippen MR) is 195 cm³/mol. The maximum Gasteiger partial charge on any atom is 0.143 e. The molecule has 0 spiro atoms. The van der Waals surface area contributed by atoms with Gasteiger partial charge >= 0.3 is 0 Å². The lowest BCUT2D eigenvalue weighted by molar-refractivity contribution is 0.408. The smallest absolute Gasteiger partial charge is 0.143 e. The van der Waals surface area contributed by atoms with Crippen molar-refractivity contribution in [2.45, 2.75) is 12.3 Å². The number of hydrogen-bond acceptors (Lipinski definition) is 5.